The van der Waals surface area contributed by atoms with E-state index in [2.05, 4.69) is 10.2 Å². The molecule has 3 atom stereocenters. The minimum Gasteiger partial charge on any atom is -0.354 e. The fourth-order valence-corrected chi connectivity index (χ4v) is 4.35. The Kier molecular flexibility index (Phi) is 7.09. The number of hydrogen-bond acceptors (Lipinski definition) is 3. The molecule has 0 unspecified atom stereocenters. The highest BCUT2D eigenvalue weighted by atomic mass is 35.6. The zero-order valence-corrected chi connectivity index (χ0v) is 16.9. The number of carbonyl (C=O) groups is 1. The highest BCUT2D eigenvalue weighted by Gasteiger charge is 2.38. The zero-order chi connectivity index (χ0) is 18.6. The minimum absolute atomic E-state index is 0.315. The van der Waals surface area contributed by atoms with Gasteiger partial charge in [0.1, 0.15) is 0 Å². The summed E-state index contributed by atoms with van der Waals surface area (Å²) in [7, 11) is 0. The fraction of sp³-hybridized carbons (Fsp3) is 0.632. The van der Waals surface area contributed by atoms with Gasteiger partial charge in [-0.25, -0.2) is 0 Å². The number of benzene rings is 1. The maximum absolute atomic E-state index is 12.4. The van der Waals surface area contributed by atoms with Crippen molar-refractivity contribution in [3.05, 3.63) is 35.9 Å². The number of nitrogens with zero attached hydrogens (tertiary/aromatic N) is 1. The quantitative estimate of drug-likeness (QED) is 0.568. The molecule has 0 aliphatic carbocycles. The predicted molar refractivity (Wildman–Crippen MR) is 106 cm³/mol. The van der Waals surface area contributed by atoms with Crippen LogP contribution in [0, 0.1) is 5.92 Å². The van der Waals surface area contributed by atoms with Crippen molar-refractivity contribution >= 4 is 40.7 Å². The van der Waals surface area contributed by atoms with E-state index in [-0.39, 0.29) is 5.91 Å². The van der Waals surface area contributed by atoms with Crippen LogP contribution in [0.2, 0.25) is 0 Å². The first-order chi connectivity index (χ1) is 12.4. The average molecular weight is 420 g/mol. The third kappa shape index (κ3) is 5.26. The predicted octanol–water partition coefficient (Wildman–Crippen LogP) is 4.39. The molecule has 2 aliphatic rings. The molecule has 1 aromatic rings. The van der Waals surface area contributed by atoms with Crippen molar-refractivity contribution in [2.75, 3.05) is 19.7 Å². The Labute approximate surface area is 170 Å². The number of hydrogen-bond donors (Lipinski definition) is 1. The largest absolute Gasteiger partial charge is 0.354 e. The van der Waals surface area contributed by atoms with E-state index in [1.807, 2.05) is 6.07 Å². The molecular weight excluding hydrogens is 395 g/mol. The average Bonchev–Trinajstić information content (AvgIpc) is 2.64. The highest BCUT2D eigenvalue weighted by molar-refractivity contribution is 6.68. The van der Waals surface area contributed by atoms with Crippen LogP contribution in [-0.4, -0.2) is 46.6 Å². The summed E-state index contributed by atoms with van der Waals surface area (Å²) in [4.78, 5) is 15.0. The van der Waals surface area contributed by atoms with Gasteiger partial charge in [0, 0.05) is 11.6 Å². The van der Waals surface area contributed by atoms with Crippen LogP contribution in [0.25, 0.3) is 0 Å². The lowest BCUT2D eigenvalue weighted by atomic mass is 9.84. The van der Waals surface area contributed by atoms with E-state index in [4.69, 9.17) is 39.5 Å². The molecule has 2 fully saturated rings. The third-order valence-electron chi connectivity index (χ3n) is 5.30. The number of fused-ring (bicyclic) bond motifs is 1. The van der Waals surface area contributed by atoms with Gasteiger partial charge < -0.3 is 15.0 Å². The summed E-state index contributed by atoms with van der Waals surface area (Å²) >= 11 is 18.2. The first-order valence-electron chi connectivity index (χ1n) is 9.23. The monoisotopic (exact) mass is 418 g/mol. The van der Waals surface area contributed by atoms with Crippen molar-refractivity contribution < 1.29 is 9.53 Å². The maximum Gasteiger partial charge on any atom is 0.253 e. The number of ether oxygens (including phenoxy) is 1. The summed E-state index contributed by atoms with van der Waals surface area (Å²) in [5.41, 5.74) is 0.506. The molecule has 144 valence electrons. The van der Waals surface area contributed by atoms with Crippen molar-refractivity contribution in [3.63, 3.8) is 0 Å². The molecule has 3 rings (SSSR count). The van der Waals surface area contributed by atoms with Gasteiger partial charge >= 0.3 is 0 Å². The van der Waals surface area contributed by atoms with Crippen molar-refractivity contribution in [1.82, 2.24) is 10.2 Å². The minimum atomic E-state index is -1.73. The zero-order valence-electron chi connectivity index (χ0n) is 14.7. The Balaban J connectivity index is 1.61. The van der Waals surface area contributed by atoms with Gasteiger partial charge in [0.05, 0.1) is 6.61 Å². The molecule has 1 amide bonds. The van der Waals surface area contributed by atoms with Crippen LogP contribution < -0.4 is 5.32 Å². The number of carbonyl (C=O) groups excluding carboxylic acids is 1. The molecule has 1 aromatic carbocycles. The van der Waals surface area contributed by atoms with Crippen molar-refractivity contribution in [3.8, 4) is 0 Å². The molecule has 4 nitrogen and oxygen atoms in total. The molecule has 0 bridgehead atoms. The summed E-state index contributed by atoms with van der Waals surface area (Å²) in [6, 6.07) is 9.40. The summed E-state index contributed by atoms with van der Waals surface area (Å²) in [6.07, 6.45) is 5.02. The van der Waals surface area contributed by atoms with Gasteiger partial charge in [-0.05, 0) is 56.8 Å². The number of halogens is 3. The van der Waals surface area contributed by atoms with Crippen LogP contribution in [-0.2, 0) is 4.74 Å². The summed E-state index contributed by atoms with van der Waals surface area (Å²) in [6.45, 7) is 2.81. The number of amides is 1. The number of nitrogens with one attached hydrogen (secondary N) is 1. The van der Waals surface area contributed by atoms with Gasteiger partial charge in [0.2, 0.25) is 3.79 Å². The van der Waals surface area contributed by atoms with E-state index in [0.29, 0.717) is 24.1 Å². The van der Waals surface area contributed by atoms with E-state index in [0.717, 1.165) is 6.42 Å². The molecule has 2 aliphatic heterocycles. The number of piperidine rings is 2. The van der Waals surface area contributed by atoms with Gasteiger partial charge in [-0.15, -0.1) is 0 Å². The van der Waals surface area contributed by atoms with Crippen molar-refractivity contribution in [1.29, 1.82) is 0 Å². The molecule has 0 radical (unpaired) electrons. The van der Waals surface area contributed by atoms with Gasteiger partial charge in [0.15, 0.2) is 6.23 Å². The molecule has 2 saturated heterocycles. The van der Waals surface area contributed by atoms with Crippen LogP contribution in [0.5, 0.6) is 0 Å². The van der Waals surface area contributed by atoms with Crippen LogP contribution in [0.4, 0.5) is 0 Å². The molecular formula is C19H25Cl3N2O2. The second-order valence-corrected chi connectivity index (χ2v) is 9.46. The first-order valence-corrected chi connectivity index (χ1v) is 10.4. The summed E-state index contributed by atoms with van der Waals surface area (Å²) < 4.78 is 4.20. The lowest BCUT2D eigenvalue weighted by molar-refractivity contribution is -0.0325. The van der Waals surface area contributed by atoms with E-state index in [9.17, 15) is 4.79 Å². The molecule has 1 N–H and O–H groups in total. The highest BCUT2D eigenvalue weighted by Crippen LogP contribution is 2.34. The van der Waals surface area contributed by atoms with E-state index < -0.39 is 10.0 Å². The fourth-order valence-electron chi connectivity index (χ4n) is 4.00. The second-order valence-electron chi connectivity index (χ2n) is 7.10. The topological polar surface area (TPSA) is 41.6 Å². The molecule has 0 aromatic heterocycles. The molecule has 2 heterocycles. The van der Waals surface area contributed by atoms with Gasteiger partial charge in [-0.2, -0.15) is 0 Å². The Morgan fingerprint density at radius 1 is 1.15 bits per heavy atom. The Morgan fingerprint density at radius 3 is 2.62 bits per heavy atom. The second kappa shape index (κ2) is 9.11. The first kappa shape index (κ1) is 20.2. The molecule has 26 heavy (non-hydrogen) atoms. The summed E-state index contributed by atoms with van der Waals surface area (Å²) in [5, 5.41) is 2.71. The van der Waals surface area contributed by atoms with E-state index >= 15 is 0 Å². The SMILES string of the molecule is O=C(N[C@@H](OC[C@H]1CCCN2CCCC[C@H]12)C(Cl)(Cl)Cl)c1ccccc1. The van der Waals surface area contributed by atoms with E-state index in [1.165, 1.54) is 38.8 Å². The van der Waals surface area contributed by atoms with E-state index in [1.54, 1.807) is 24.3 Å². The van der Waals surface area contributed by atoms with Gasteiger partial charge in [-0.3, -0.25) is 4.79 Å². The Morgan fingerprint density at radius 2 is 1.88 bits per heavy atom. The molecule has 7 heteroatoms. The molecule has 0 spiro atoms. The van der Waals surface area contributed by atoms with Crippen LogP contribution in [0.3, 0.4) is 0 Å². The van der Waals surface area contributed by atoms with Gasteiger partial charge in [0.25, 0.3) is 5.91 Å². The lowest BCUT2D eigenvalue weighted by Gasteiger charge is -2.44. The van der Waals surface area contributed by atoms with Crippen LogP contribution in [0.15, 0.2) is 30.3 Å². The third-order valence-corrected chi connectivity index (χ3v) is 5.90. The standard InChI is InChI=1S/C19H25Cl3N2O2/c20-19(21,22)18(23-17(25)14-7-2-1-3-8-14)26-13-15-9-6-12-24-11-5-4-10-16(15)24/h1-3,7-8,15-16,18H,4-6,9-13H2,(H,23,25)/t15-,16-,18+/m1/s1. The number of alkyl halides is 3. The van der Waals surface area contributed by atoms with Crippen molar-refractivity contribution in [2.45, 2.75) is 48.2 Å². The smallest absolute Gasteiger partial charge is 0.253 e. The maximum atomic E-state index is 12.4. The summed E-state index contributed by atoms with van der Waals surface area (Å²) in [5.74, 6) is 0.0948. The normalized spacial score (nSPS) is 25.3. The lowest BCUT2D eigenvalue weighted by Crippen LogP contribution is -2.51. The van der Waals surface area contributed by atoms with Crippen LogP contribution in [0.1, 0.15) is 42.5 Å². The van der Waals surface area contributed by atoms with Gasteiger partial charge in [-0.1, -0.05) is 59.4 Å². The van der Waals surface area contributed by atoms with Crippen molar-refractivity contribution in [2.24, 2.45) is 5.92 Å². The molecule has 0 saturated carbocycles. The number of rotatable bonds is 5. The Bertz CT molecular complexity index is 592. The van der Waals surface area contributed by atoms with Crippen LogP contribution >= 0.6 is 34.8 Å². The Hall–Kier alpha value is -0.520.